The summed E-state index contributed by atoms with van der Waals surface area (Å²) < 4.78 is 44.2. The molecule has 0 fully saturated rings. The number of fused-ring (bicyclic) bond motifs is 3. The summed E-state index contributed by atoms with van der Waals surface area (Å²) in [6.07, 6.45) is -3.06. The lowest BCUT2D eigenvalue weighted by Gasteiger charge is -2.10. The smallest absolute Gasteiger partial charge is 0.416 e. The number of hydrogen-bond donors (Lipinski definition) is 1. The van der Waals surface area contributed by atoms with Gasteiger partial charge in [-0.3, -0.25) is 0 Å². The Bertz CT molecular complexity index is 1040. The summed E-state index contributed by atoms with van der Waals surface area (Å²) in [4.78, 5) is 8.30. The van der Waals surface area contributed by atoms with Crippen molar-refractivity contribution in [2.24, 2.45) is 0 Å². The summed E-state index contributed by atoms with van der Waals surface area (Å²) in [5, 5.41) is 3.70. The molecule has 7 heteroatoms. The number of anilines is 2. The second-order valence-corrected chi connectivity index (χ2v) is 5.20. The lowest BCUT2D eigenvalue weighted by atomic mass is 10.2. The molecule has 0 spiro atoms. The Kier molecular flexibility index (Phi) is 3.16. The van der Waals surface area contributed by atoms with Gasteiger partial charge in [-0.1, -0.05) is 18.2 Å². The number of nitrogens with zero attached hydrogens (tertiary/aromatic N) is 2. The quantitative estimate of drug-likeness (QED) is 0.553. The molecule has 120 valence electrons. The molecule has 0 aliphatic carbocycles. The second kappa shape index (κ2) is 5.23. The van der Waals surface area contributed by atoms with Gasteiger partial charge < -0.3 is 9.73 Å². The molecule has 0 aliphatic heterocycles. The van der Waals surface area contributed by atoms with E-state index in [0.29, 0.717) is 22.5 Å². The summed E-state index contributed by atoms with van der Waals surface area (Å²) in [5.74, 6) is 0.315. The first kappa shape index (κ1) is 14.5. The molecule has 0 bridgehead atoms. The summed E-state index contributed by atoms with van der Waals surface area (Å²) in [7, 11) is 0. The van der Waals surface area contributed by atoms with Crippen molar-refractivity contribution in [1.82, 2.24) is 9.97 Å². The van der Waals surface area contributed by atoms with Crippen molar-refractivity contribution < 1.29 is 17.6 Å². The maximum absolute atomic E-state index is 12.8. The van der Waals surface area contributed by atoms with Crippen LogP contribution in [-0.2, 0) is 6.18 Å². The van der Waals surface area contributed by atoms with Crippen LogP contribution in [0.1, 0.15) is 5.56 Å². The Balaban J connectivity index is 1.80. The molecular weight excluding hydrogens is 319 g/mol. The van der Waals surface area contributed by atoms with Gasteiger partial charge in [0.15, 0.2) is 11.4 Å². The normalized spacial score (nSPS) is 12.0. The average molecular weight is 329 g/mol. The fraction of sp³-hybridized carbons (Fsp3) is 0.0588. The van der Waals surface area contributed by atoms with Gasteiger partial charge in [0.2, 0.25) is 0 Å². The zero-order valence-corrected chi connectivity index (χ0v) is 12.1. The molecule has 0 unspecified atom stereocenters. The number of alkyl halides is 3. The fourth-order valence-corrected chi connectivity index (χ4v) is 2.52. The minimum absolute atomic E-state index is 0.269. The molecule has 0 atom stereocenters. The number of nitrogens with one attached hydrogen (secondary N) is 1. The van der Waals surface area contributed by atoms with Crippen LogP contribution < -0.4 is 5.32 Å². The monoisotopic (exact) mass is 329 g/mol. The highest BCUT2D eigenvalue weighted by atomic mass is 19.4. The van der Waals surface area contributed by atoms with Gasteiger partial charge in [0.1, 0.15) is 17.4 Å². The van der Waals surface area contributed by atoms with E-state index in [0.717, 1.165) is 17.5 Å². The summed E-state index contributed by atoms with van der Waals surface area (Å²) in [6.45, 7) is 0. The molecule has 4 rings (SSSR count). The van der Waals surface area contributed by atoms with Crippen molar-refractivity contribution in [2.45, 2.75) is 6.18 Å². The minimum atomic E-state index is -4.40. The molecule has 0 aliphatic rings. The highest BCUT2D eigenvalue weighted by Gasteiger charge is 2.30. The van der Waals surface area contributed by atoms with E-state index in [4.69, 9.17) is 4.42 Å². The molecule has 4 nitrogen and oxygen atoms in total. The number of benzene rings is 2. The van der Waals surface area contributed by atoms with E-state index >= 15 is 0 Å². The number of furan rings is 1. The van der Waals surface area contributed by atoms with Crippen LogP contribution in [0.2, 0.25) is 0 Å². The van der Waals surface area contributed by atoms with E-state index in [2.05, 4.69) is 15.3 Å². The summed E-state index contributed by atoms with van der Waals surface area (Å²) >= 11 is 0. The predicted octanol–water partition coefficient (Wildman–Crippen LogP) is 5.14. The Morgan fingerprint density at radius 1 is 0.958 bits per heavy atom. The number of para-hydroxylation sites is 1. The van der Waals surface area contributed by atoms with E-state index < -0.39 is 11.7 Å². The Morgan fingerprint density at radius 3 is 2.62 bits per heavy atom. The van der Waals surface area contributed by atoms with Crippen LogP contribution in [0.4, 0.5) is 24.7 Å². The SMILES string of the molecule is FC(F)(F)c1cccc(Nc2ncnc3c2oc2ccccc23)c1. The van der Waals surface area contributed by atoms with Crippen LogP contribution in [0.15, 0.2) is 59.3 Å². The summed E-state index contributed by atoms with van der Waals surface area (Å²) in [5.41, 5.74) is 1.18. The molecule has 0 amide bonds. The van der Waals surface area contributed by atoms with Crippen molar-refractivity contribution in [3.8, 4) is 0 Å². The number of rotatable bonds is 2. The van der Waals surface area contributed by atoms with Crippen molar-refractivity contribution in [3.05, 3.63) is 60.4 Å². The maximum atomic E-state index is 12.8. The first-order valence-electron chi connectivity index (χ1n) is 7.09. The van der Waals surface area contributed by atoms with Crippen LogP contribution in [-0.4, -0.2) is 9.97 Å². The van der Waals surface area contributed by atoms with Crippen molar-refractivity contribution >= 4 is 33.6 Å². The first-order chi connectivity index (χ1) is 11.5. The van der Waals surface area contributed by atoms with E-state index in [1.54, 1.807) is 6.07 Å². The van der Waals surface area contributed by atoms with Gasteiger partial charge in [0.05, 0.1) is 5.56 Å². The van der Waals surface area contributed by atoms with Crippen molar-refractivity contribution in [2.75, 3.05) is 5.32 Å². The molecular formula is C17H10F3N3O. The molecule has 2 aromatic heterocycles. The zero-order chi connectivity index (χ0) is 16.7. The fourth-order valence-electron chi connectivity index (χ4n) is 2.52. The van der Waals surface area contributed by atoms with Crippen LogP contribution in [0.3, 0.4) is 0 Å². The van der Waals surface area contributed by atoms with Gasteiger partial charge in [-0.15, -0.1) is 0 Å². The molecule has 4 aromatic rings. The molecule has 0 saturated carbocycles. The van der Waals surface area contributed by atoms with Gasteiger partial charge in [-0.05, 0) is 30.3 Å². The van der Waals surface area contributed by atoms with Crippen molar-refractivity contribution in [3.63, 3.8) is 0 Å². The number of hydrogen-bond acceptors (Lipinski definition) is 4. The van der Waals surface area contributed by atoms with Crippen LogP contribution in [0, 0.1) is 0 Å². The number of aromatic nitrogens is 2. The molecule has 0 saturated heterocycles. The maximum Gasteiger partial charge on any atom is 0.416 e. The van der Waals surface area contributed by atoms with E-state index in [-0.39, 0.29) is 5.69 Å². The number of halogens is 3. The molecule has 24 heavy (non-hydrogen) atoms. The van der Waals surface area contributed by atoms with Crippen LogP contribution >= 0.6 is 0 Å². The topological polar surface area (TPSA) is 51.0 Å². The van der Waals surface area contributed by atoms with Crippen molar-refractivity contribution in [1.29, 1.82) is 0 Å². The average Bonchev–Trinajstić information content (AvgIpc) is 2.94. The zero-order valence-electron chi connectivity index (χ0n) is 12.1. The van der Waals surface area contributed by atoms with E-state index in [9.17, 15) is 13.2 Å². The Hall–Kier alpha value is -3.09. The highest BCUT2D eigenvalue weighted by molar-refractivity contribution is 6.05. The minimum Gasteiger partial charge on any atom is -0.450 e. The van der Waals surface area contributed by atoms with E-state index in [1.807, 2.05) is 18.2 Å². The molecule has 2 aromatic carbocycles. The Morgan fingerprint density at radius 2 is 1.79 bits per heavy atom. The van der Waals surface area contributed by atoms with Gasteiger partial charge in [-0.2, -0.15) is 13.2 Å². The largest absolute Gasteiger partial charge is 0.450 e. The summed E-state index contributed by atoms with van der Waals surface area (Å²) in [6, 6.07) is 12.3. The van der Waals surface area contributed by atoms with Crippen LogP contribution in [0.25, 0.3) is 22.1 Å². The second-order valence-electron chi connectivity index (χ2n) is 5.20. The third-order valence-electron chi connectivity index (χ3n) is 3.61. The third-order valence-corrected chi connectivity index (χ3v) is 3.61. The van der Waals surface area contributed by atoms with Gasteiger partial charge in [0.25, 0.3) is 0 Å². The standard InChI is InChI=1S/C17H10F3N3O/c18-17(19,20)10-4-3-5-11(8-10)23-16-15-14(21-9-22-16)12-6-1-2-7-13(12)24-15/h1-9H,(H,21,22,23). The van der Waals surface area contributed by atoms with E-state index in [1.165, 1.54) is 18.5 Å². The molecule has 2 heterocycles. The first-order valence-corrected chi connectivity index (χ1v) is 7.09. The lowest BCUT2D eigenvalue weighted by Crippen LogP contribution is -2.05. The van der Waals surface area contributed by atoms with Gasteiger partial charge in [-0.25, -0.2) is 9.97 Å². The molecule has 0 radical (unpaired) electrons. The third kappa shape index (κ3) is 2.44. The highest BCUT2D eigenvalue weighted by Crippen LogP contribution is 2.34. The predicted molar refractivity (Wildman–Crippen MR) is 84.0 cm³/mol. The Labute approximate surface area is 133 Å². The lowest BCUT2D eigenvalue weighted by molar-refractivity contribution is -0.137. The van der Waals surface area contributed by atoms with Gasteiger partial charge >= 0.3 is 6.18 Å². The molecule has 1 N–H and O–H groups in total. The van der Waals surface area contributed by atoms with Gasteiger partial charge in [0, 0.05) is 11.1 Å². The van der Waals surface area contributed by atoms with Crippen LogP contribution in [0.5, 0.6) is 0 Å².